The van der Waals surface area contributed by atoms with Crippen LogP contribution in [0.3, 0.4) is 0 Å². The molecule has 0 aromatic carbocycles. The monoisotopic (exact) mass is 186 g/mol. The lowest BCUT2D eigenvalue weighted by Gasteiger charge is -2.04. The van der Waals surface area contributed by atoms with Gasteiger partial charge in [-0.3, -0.25) is 0 Å². The van der Waals surface area contributed by atoms with Crippen molar-refractivity contribution in [3.63, 3.8) is 0 Å². The quantitative estimate of drug-likeness (QED) is 0.508. The number of rotatable bonds is 4. The first-order valence-corrected chi connectivity index (χ1v) is 4.19. The predicted molar refractivity (Wildman–Crippen MR) is 47.2 cm³/mol. The Bertz CT molecular complexity index is 242. The first-order valence-electron chi connectivity index (χ1n) is 3.37. The minimum atomic E-state index is -1.07. The summed E-state index contributed by atoms with van der Waals surface area (Å²) in [6, 6.07) is 0. The maximum Gasteiger partial charge on any atom is 0.345 e. The third kappa shape index (κ3) is 3.30. The molecule has 5 heteroatoms. The second kappa shape index (κ2) is 5.49. The van der Waals surface area contributed by atoms with E-state index >= 15 is 0 Å². The van der Waals surface area contributed by atoms with Gasteiger partial charge in [-0.15, -0.1) is 0 Å². The van der Waals surface area contributed by atoms with Crippen LogP contribution in [0.5, 0.6) is 0 Å². The van der Waals surface area contributed by atoms with Gasteiger partial charge in [-0.1, -0.05) is 0 Å². The number of nitrogens with one attached hydrogen (secondary N) is 1. The molecular formula is C7H10N2O2S. The second-order valence-electron chi connectivity index (χ2n) is 1.98. The van der Waals surface area contributed by atoms with Gasteiger partial charge in [0.25, 0.3) is 0 Å². The van der Waals surface area contributed by atoms with Gasteiger partial charge in [-0.2, -0.15) is 5.26 Å². The summed E-state index contributed by atoms with van der Waals surface area (Å²) < 4.78 is 0. The zero-order valence-electron chi connectivity index (χ0n) is 6.92. The van der Waals surface area contributed by atoms with Crippen LogP contribution in [0.4, 0.5) is 0 Å². The second-order valence-corrected chi connectivity index (χ2v) is 2.78. The Morgan fingerprint density at radius 2 is 2.33 bits per heavy atom. The molecule has 0 aromatic rings. The van der Waals surface area contributed by atoms with Gasteiger partial charge in [-0.05, 0) is 25.6 Å². The number of hydrogen-bond donors (Lipinski definition) is 2. The average molecular weight is 186 g/mol. The summed E-state index contributed by atoms with van der Waals surface area (Å²) in [6.07, 6.45) is 0. The standard InChI is InChI=1S/C7H10N2O2S/c1-3-9-5(2)6(7(10)11)12-4-8/h9H,3H2,1-2H3,(H,10,11)/b6-5+. The minimum absolute atomic E-state index is 0.0550. The van der Waals surface area contributed by atoms with Gasteiger partial charge in [0.2, 0.25) is 0 Å². The summed E-state index contributed by atoms with van der Waals surface area (Å²) in [7, 11) is 0. The number of nitriles is 1. The molecule has 0 spiro atoms. The predicted octanol–water partition coefficient (Wildman–Crippen LogP) is 1.13. The molecule has 0 radical (unpaired) electrons. The van der Waals surface area contributed by atoms with Crippen LogP contribution in [0.25, 0.3) is 0 Å². The summed E-state index contributed by atoms with van der Waals surface area (Å²) in [5, 5.41) is 21.5. The number of aliphatic carboxylic acids is 1. The number of allylic oxidation sites excluding steroid dienone is 1. The lowest BCUT2D eigenvalue weighted by Crippen LogP contribution is -2.14. The first kappa shape index (κ1) is 10.8. The molecule has 0 fully saturated rings. The van der Waals surface area contributed by atoms with Crippen molar-refractivity contribution in [2.75, 3.05) is 6.54 Å². The van der Waals surface area contributed by atoms with E-state index in [1.165, 1.54) is 0 Å². The molecule has 0 rings (SSSR count). The van der Waals surface area contributed by atoms with Crippen LogP contribution in [0.1, 0.15) is 13.8 Å². The van der Waals surface area contributed by atoms with E-state index in [9.17, 15) is 4.79 Å². The van der Waals surface area contributed by atoms with Crippen LogP contribution in [0.2, 0.25) is 0 Å². The van der Waals surface area contributed by atoms with Crippen LogP contribution < -0.4 is 5.32 Å². The van der Waals surface area contributed by atoms with E-state index in [2.05, 4.69) is 5.32 Å². The van der Waals surface area contributed by atoms with Gasteiger partial charge in [0.15, 0.2) is 0 Å². The molecule has 0 unspecified atom stereocenters. The minimum Gasteiger partial charge on any atom is -0.477 e. The van der Waals surface area contributed by atoms with Crippen LogP contribution in [-0.2, 0) is 4.79 Å². The van der Waals surface area contributed by atoms with Crippen molar-refractivity contribution in [2.24, 2.45) is 0 Å². The maximum atomic E-state index is 10.5. The van der Waals surface area contributed by atoms with Gasteiger partial charge in [0.05, 0.1) is 0 Å². The normalized spacial score (nSPS) is 11.4. The highest BCUT2D eigenvalue weighted by Gasteiger charge is 2.11. The molecule has 0 heterocycles. The Morgan fingerprint density at radius 3 is 2.67 bits per heavy atom. The molecule has 0 aliphatic carbocycles. The van der Waals surface area contributed by atoms with Gasteiger partial charge >= 0.3 is 5.97 Å². The average Bonchev–Trinajstić information content (AvgIpc) is 1.99. The molecule has 4 nitrogen and oxygen atoms in total. The SMILES string of the molecule is CCN/C(C)=C(/SC#N)C(=O)O. The molecule has 0 aliphatic rings. The molecule has 0 amide bonds. The largest absolute Gasteiger partial charge is 0.477 e. The number of hydrogen-bond acceptors (Lipinski definition) is 4. The van der Waals surface area contributed by atoms with Gasteiger partial charge in [0.1, 0.15) is 10.3 Å². The molecule has 66 valence electrons. The fourth-order valence-corrected chi connectivity index (χ4v) is 1.08. The van der Waals surface area contributed by atoms with Gasteiger partial charge < -0.3 is 10.4 Å². The van der Waals surface area contributed by atoms with E-state index in [0.717, 1.165) is 0 Å². The van der Waals surface area contributed by atoms with Crippen molar-refractivity contribution in [3.8, 4) is 5.40 Å². The Morgan fingerprint density at radius 1 is 1.75 bits per heavy atom. The summed E-state index contributed by atoms with van der Waals surface area (Å²) in [4.78, 5) is 10.6. The summed E-state index contributed by atoms with van der Waals surface area (Å²) >= 11 is 0.656. The third-order valence-corrected chi connectivity index (χ3v) is 1.90. The van der Waals surface area contributed by atoms with Crippen molar-refractivity contribution in [1.82, 2.24) is 5.32 Å². The van der Waals surface area contributed by atoms with Crippen molar-refractivity contribution in [2.45, 2.75) is 13.8 Å². The molecule has 2 N–H and O–H groups in total. The maximum absolute atomic E-state index is 10.5. The molecule has 0 bridgehead atoms. The van der Waals surface area contributed by atoms with Crippen molar-refractivity contribution in [3.05, 3.63) is 10.6 Å². The lowest BCUT2D eigenvalue weighted by atomic mass is 10.4. The fraction of sp³-hybridized carbons (Fsp3) is 0.429. The van der Waals surface area contributed by atoms with Crippen LogP contribution in [0.15, 0.2) is 10.6 Å². The molecule has 0 saturated heterocycles. The summed E-state index contributed by atoms with van der Waals surface area (Å²) in [5.74, 6) is -1.07. The van der Waals surface area contributed by atoms with Crippen LogP contribution in [0, 0.1) is 10.7 Å². The van der Waals surface area contributed by atoms with Gasteiger partial charge in [0, 0.05) is 12.2 Å². The summed E-state index contributed by atoms with van der Waals surface area (Å²) in [5.41, 5.74) is 0.525. The number of carboxylic acid groups (broad SMARTS) is 1. The van der Waals surface area contributed by atoms with Gasteiger partial charge in [-0.25, -0.2) is 4.79 Å². The van der Waals surface area contributed by atoms with E-state index in [0.29, 0.717) is 24.0 Å². The van der Waals surface area contributed by atoms with Crippen molar-refractivity contribution < 1.29 is 9.90 Å². The Labute approximate surface area is 75.3 Å². The molecule has 0 atom stereocenters. The fourth-order valence-electron chi connectivity index (χ4n) is 0.672. The highest BCUT2D eigenvalue weighted by Crippen LogP contribution is 2.16. The van der Waals surface area contributed by atoms with Crippen molar-refractivity contribution in [1.29, 1.82) is 5.26 Å². The molecule has 0 saturated carbocycles. The zero-order valence-corrected chi connectivity index (χ0v) is 7.73. The zero-order chi connectivity index (χ0) is 9.56. The number of thiocyanates is 1. The number of carboxylic acids is 1. The molecule has 12 heavy (non-hydrogen) atoms. The molecule has 0 aliphatic heterocycles. The molecular weight excluding hydrogens is 176 g/mol. The van der Waals surface area contributed by atoms with E-state index in [1.54, 1.807) is 12.3 Å². The summed E-state index contributed by atoms with van der Waals surface area (Å²) in [6.45, 7) is 4.14. The highest BCUT2D eigenvalue weighted by atomic mass is 32.2. The van der Waals surface area contributed by atoms with E-state index in [-0.39, 0.29) is 4.91 Å². The number of carbonyl (C=O) groups is 1. The van der Waals surface area contributed by atoms with Crippen LogP contribution >= 0.6 is 11.8 Å². The molecule has 0 aromatic heterocycles. The Hall–Kier alpha value is -1.15. The van der Waals surface area contributed by atoms with E-state index in [1.807, 2.05) is 6.92 Å². The lowest BCUT2D eigenvalue weighted by molar-refractivity contribution is -0.131. The Balaban J connectivity index is 4.57. The smallest absolute Gasteiger partial charge is 0.345 e. The topological polar surface area (TPSA) is 73.1 Å². The first-order chi connectivity index (χ1) is 5.63. The van der Waals surface area contributed by atoms with Crippen LogP contribution in [-0.4, -0.2) is 17.6 Å². The van der Waals surface area contributed by atoms with Crippen molar-refractivity contribution >= 4 is 17.7 Å². The Kier molecular flexibility index (Phi) is 4.97. The number of thioether (sulfide) groups is 1. The van der Waals surface area contributed by atoms with E-state index in [4.69, 9.17) is 10.4 Å². The highest BCUT2D eigenvalue weighted by molar-refractivity contribution is 8.08. The number of nitrogens with zero attached hydrogens (tertiary/aromatic N) is 1. The third-order valence-electron chi connectivity index (χ3n) is 1.12. The van der Waals surface area contributed by atoms with E-state index < -0.39 is 5.97 Å².